The maximum atomic E-state index is 12.4. The molecule has 2 aliphatic carbocycles. The largest absolute Gasteiger partial charge is 0.360 e. The Balaban J connectivity index is 1.22. The van der Waals surface area contributed by atoms with Gasteiger partial charge in [0.05, 0.1) is 6.04 Å². The summed E-state index contributed by atoms with van der Waals surface area (Å²) in [5.41, 5.74) is 0.198. The lowest BCUT2D eigenvalue weighted by molar-refractivity contribution is 0.0912. The molecule has 0 aromatic carbocycles. The minimum Gasteiger partial charge on any atom is -0.360 e. The van der Waals surface area contributed by atoms with Crippen LogP contribution < -0.4 is 10.9 Å². The van der Waals surface area contributed by atoms with Crippen molar-refractivity contribution < 1.29 is 9.32 Å². The fourth-order valence-electron chi connectivity index (χ4n) is 3.81. The number of carbonyl (C=O) groups is 1. The Kier molecular flexibility index (Phi) is 4.45. The minimum absolute atomic E-state index is 0.00681. The molecule has 1 N–H and O–H groups in total. The van der Waals surface area contributed by atoms with E-state index < -0.39 is 0 Å². The van der Waals surface area contributed by atoms with Gasteiger partial charge < -0.3 is 9.84 Å². The van der Waals surface area contributed by atoms with Crippen LogP contribution in [0.25, 0.3) is 5.82 Å². The summed E-state index contributed by atoms with van der Waals surface area (Å²) in [6.07, 6.45) is 8.22. The molecule has 2 fully saturated rings. The first-order valence-electron chi connectivity index (χ1n) is 9.90. The van der Waals surface area contributed by atoms with Gasteiger partial charge in [-0.25, -0.2) is 14.3 Å². The summed E-state index contributed by atoms with van der Waals surface area (Å²) in [6.45, 7) is 0. The lowest BCUT2D eigenvalue weighted by Gasteiger charge is -2.29. The number of nitrogens with zero attached hydrogens (tertiary/aromatic N) is 6. The second kappa shape index (κ2) is 7.26. The van der Waals surface area contributed by atoms with E-state index in [0.29, 0.717) is 17.4 Å². The molecule has 0 spiro atoms. The molecule has 3 heterocycles. The Morgan fingerprint density at radius 1 is 1.14 bits per heavy atom. The zero-order valence-electron chi connectivity index (χ0n) is 15.8. The SMILES string of the molecule is O=C(NC1CCC(n2nc(-n3cncn3)ccc2=O)CC1)c1cc(C2CC2)on1. The lowest BCUT2D eigenvalue weighted by Crippen LogP contribution is -2.39. The van der Waals surface area contributed by atoms with Crippen molar-refractivity contribution in [2.45, 2.75) is 56.5 Å². The van der Waals surface area contributed by atoms with Crippen molar-refractivity contribution in [3.63, 3.8) is 0 Å². The van der Waals surface area contributed by atoms with Gasteiger partial charge in [0.15, 0.2) is 11.5 Å². The Morgan fingerprint density at radius 3 is 2.69 bits per heavy atom. The zero-order chi connectivity index (χ0) is 19.8. The highest BCUT2D eigenvalue weighted by molar-refractivity contribution is 5.92. The van der Waals surface area contributed by atoms with E-state index in [-0.39, 0.29) is 23.6 Å². The van der Waals surface area contributed by atoms with Gasteiger partial charge in [0.25, 0.3) is 11.5 Å². The molecule has 2 saturated carbocycles. The van der Waals surface area contributed by atoms with E-state index in [1.165, 1.54) is 21.8 Å². The van der Waals surface area contributed by atoms with E-state index in [9.17, 15) is 9.59 Å². The van der Waals surface area contributed by atoms with Gasteiger partial charge in [-0.3, -0.25) is 9.59 Å². The highest BCUT2D eigenvalue weighted by Gasteiger charge is 2.30. The molecule has 3 aromatic rings. The molecule has 29 heavy (non-hydrogen) atoms. The molecule has 10 nitrogen and oxygen atoms in total. The van der Waals surface area contributed by atoms with Crippen LogP contribution in [0.3, 0.4) is 0 Å². The molecule has 0 atom stereocenters. The maximum absolute atomic E-state index is 12.4. The third-order valence-electron chi connectivity index (χ3n) is 5.58. The van der Waals surface area contributed by atoms with Crippen molar-refractivity contribution in [3.8, 4) is 5.82 Å². The number of aromatic nitrogens is 6. The van der Waals surface area contributed by atoms with Crippen molar-refractivity contribution in [1.29, 1.82) is 0 Å². The summed E-state index contributed by atoms with van der Waals surface area (Å²) in [4.78, 5) is 28.7. The second-order valence-electron chi connectivity index (χ2n) is 7.68. The predicted octanol–water partition coefficient (Wildman–Crippen LogP) is 1.60. The van der Waals surface area contributed by atoms with Gasteiger partial charge >= 0.3 is 0 Å². The standard InChI is InChI=1S/C19H21N7O3/c27-18-8-7-17(25-11-20-10-21-25)23-26(18)14-5-3-13(4-6-14)22-19(28)15-9-16(29-24-15)12-1-2-12/h7-14H,1-6H2,(H,22,28). The van der Waals surface area contributed by atoms with Crippen molar-refractivity contribution in [2.75, 3.05) is 0 Å². The predicted molar refractivity (Wildman–Crippen MR) is 101 cm³/mol. The fraction of sp³-hybridized carbons (Fsp3) is 0.474. The van der Waals surface area contributed by atoms with Crippen molar-refractivity contribution >= 4 is 5.91 Å². The van der Waals surface area contributed by atoms with E-state index in [0.717, 1.165) is 44.3 Å². The summed E-state index contributed by atoms with van der Waals surface area (Å²) in [6, 6.07) is 4.92. The molecule has 0 unspecified atom stereocenters. The molecule has 2 aliphatic rings. The van der Waals surface area contributed by atoms with E-state index in [2.05, 4.69) is 25.7 Å². The van der Waals surface area contributed by atoms with Crippen LogP contribution in [0, 0.1) is 0 Å². The third kappa shape index (κ3) is 3.69. The van der Waals surface area contributed by atoms with Gasteiger partial charge in [-0.05, 0) is 44.6 Å². The molecule has 0 aliphatic heterocycles. The smallest absolute Gasteiger partial charge is 0.273 e. The monoisotopic (exact) mass is 395 g/mol. The first kappa shape index (κ1) is 17.8. The number of amides is 1. The summed E-state index contributed by atoms with van der Waals surface area (Å²) in [5, 5.41) is 15.4. The number of nitrogens with one attached hydrogen (secondary N) is 1. The number of carbonyl (C=O) groups excluding carboxylic acids is 1. The molecule has 3 aromatic heterocycles. The third-order valence-corrected chi connectivity index (χ3v) is 5.58. The Bertz CT molecular complexity index is 1060. The van der Waals surface area contributed by atoms with Gasteiger partial charge in [-0.2, -0.15) is 5.10 Å². The van der Waals surface area contributed by atoms with Gasteiger partial charge in [0.2, 0.25) is 0 Å². The average Bonchev–Trinajstić information content (AvgIpc) is 3.23. The first-order valence-corrected chi connectivity index (χ1v) is 9.90. The van der Waals surface area contributed by atoms with E-state index >= 15 is 0 Å². The average molecular weight is 395 g/mol. The van der Waals surface area contributed by atoms with Crippen LogP contribution in [0.5, 0.6) is 0 Å². The van der Waals surface area contributed by atoms with E-state index in [1.54, 1.807) is 18.5 Å². The first-order chi connectivity index (χ1) is 14.2. The molecule has 0 bridgehead atoms. The van der Waals surface area contributed by atoms with Crippen molar-refractivity contribution in [3.05, 3.63) is 52.7 Å². The zero-order valence-corrected chi connectivity index (χ0v) is 15.8. The van der Waals surface area contributed by atoms with E-state index in [1.807, 2.05) is 0 Å². The maximum Gasteiger partial charge on any atom is 0.273 e. The van der Waals surface area contributed by atoms with Crippen molar-refractivity contribution in [1.82, 2.24) is 35.0 Å². The normalized spacial score (nSPS) is 21.8. The Hall–Kier alpha value is -3.30. The molecule has 10 heteroatoms. The molecule has 150 valence electrons. The molecule has 0 radical (unpaired) electrons. The number of hydrogen-bond donors (Lipinski definition) is 1. The van der Waals surface area contributed by atoms with Gasteiger partial charge in [0, 0.05) is 24.1 Å². The van der Waals surface area contributed by atoms with Crippen LogP contribution >= 0.6 is 0 Å². The highest BCUT2D eigenvalue weighted by atomic mass is 16.5. The highest BCUT2D eigenvalue weighted by Crippen LogP contribution is 2.40. The molecule has 1 amide bonds. The van der Waals surface area contributed by atoms with Gasteiger partial charge in [-0.15, -0.1) is 5.10 Å². The fourth-order valence-corrected chi connectivity index (χ4v) is 3.81. The van der Waals surface area contributed by atoms with Crippen molar-refractivity contribution in [2.24, 2.45) is 0 Å². The van der Waals surface area contributed by atoms with Crippen LogP contribution in [-0.2, 0) is 0 Å². The molecular formula is C19H21N7O3. The Morgan fingerprint density at radius 2 is 1.97 bits per heavy atom. The van der Waals surface area contributed by atoms with Crippen LogP contribution in [0.1, 0.15) is 66.7 Å². The Labute approximate surface area is 165 Å². The van der Waals surface area contributed by atoms with Crippen LogP contribution in [0.2, 0.25) is 0 Å². The van der Waals surface area contributed by atoms with Crippen LogP contribution in [0.15, 0.2) is 40.2 Å². The van der Waals surface area contributed by atoms with Gasteiger partial charge in [-0.1, -0.05) is 5.16 Å². The number of hydrogen-bond acceptors (Lipinski definition) is 7. The van der Waals surface area contributed by atoms with Crippen LogP contribution in [0.4, 0.5) is 0 Å². The molecular weight excluding hydrogens is 374 g/mol. The summed E-state index contributed by atoms with van der Waals surface area (Å²) >= 11 is 0. The summed E-state index contributed by atoms with van der Waals surface area (Å²) < 4.78 is 8.31. The summed E-state index contributed by atoms with van der Waals surface area (Å²) in [7, 11) is 0. The minimum atomic E-state index is -0.201. The summed E-state index contributed by atoms with van der Waals surface area (Å²) in [5.74, 6) is 1.58. The molecule has 5 rings (SSSR count). The topological polar surface area (TPSA) is 121 Å². The number of rotatable bonds is 5. The van der Waals surface area contributed by atoms with Crippen LogP contribution in [-0.4, -0.2) is 41.7 Å². The lowest BCUT2D eigenvalue weighted by atomic mass is 9.91. The second-order valence-corrected chi connectivity index (χ2v) is 7.68. The van der Waals surface area contributed by atoms with E-state index in [4.69, 9.17) is 4.52 Å². The quantitative estimate of drug-likeness (QED) is 0.696. The molecule has 0 saturated heterocycles. The van der Waals surface area contributed by atoms with Gasteiger partial charge in [0.1, 0.15) is 18.4 Å².